The fourth-order valence-corrected chi connectivity index (χ4v) is 3.13. The maximum Gasteiger partial charge on any atom is 0.273 e. The molecule has 0 radical (unpaired) electrons. The van der Waals surface area contributed by atoms with E-state index in [9.17, 15) is 9.59 Å². The Morgan fingerprint density at radius 2 is 1.65 bits per heavy atom. The SMILES string of the molecule is CO[C@H](C(=O)N/N=C(/C)c1cccc(NC(=O)c2cccc(Cl)c2)c1)c1ccccc1. The van der Waals surface area contributed by atoms with E-state index < -0.39 is 6.10 Å². The number of hydrogen-bond acceptors (Lipinski definition) is 4. The fourth-order valence-electron chi connectivity index (χ4n) is 2.94. The molecule has 2 N–H and O–H groups in total. The summed E-state index contributed by atoms with van der Waals surface area (Å²) in [7, 11) is 1.47. The first kappa shape index (κ1) is 22.2. The molecule has 0 unspecified atom stereocenters. The Morgan fingerprint density at radius 3 is 2.35 bits per heavy atom. The number of amides is 2. The molecule has 3 rings (SSSR count). The van der Waals surface area contributed by atoms with Gasteiger partial charge in [0.15, 0.2) is 6.10 Å². The van der Waals surface area contributed by atoms with Gasteiger partial charge < -0.3 is 10.1 Å². The van der Waals surface area contributed by atoms with E-state index in [2.05, 4.69) is 15.8 Å². The van der Waals surface area contributed by atoms with E-state index in [1.807, 2.05) is 36.4 Å². The number of ether oxygens (including phenoxy) is 1. The van der Waals surface area contributed by atoms with E-state index in [1.54, 1.807) is 49.4 Å². The molecule has 0 saturated carbocycles. The molecule has 3 aromatic carbocycles. The topological polar surface area (TPSA) is 79.8 Å². The predicted molar refractivity (Wildman–Crippen MR) is 122 cm³/mol. The van der Waals surface area contributed by atoms with Gasteiger partial charge in [0, 0.05) is 23.4 Å². The molecule has 2 amide bonds. The van der Waals surface area contributed by atoms with Gasteiger partial charge in [0.25, 0.3) is 11.8 Å². The molecular weight excluding hydrogens is 414 g/mol. The summed E-state index contributed by atoms with van der Waals surface area (Å²) in [6.07, 6.45) is -0.763. The quantitative estimate of drug-likeness (QED) is 0.412. The number of carbonyl (C=O) groups excluding carboxylic acids is 2. The maximum atomic E-state index is 12.5. The number of benzene rings is 3. The lowest BCUT2D eigenvalue weighted by atomic mass is 10.1. The maximum absolute atomic E-state index is 12.5. The third-order valence-electron chi connectivity index (χ3n) is 4.53. The average molecular weight is 436 g/mol. The second-order valence-electron chi connectivity index (χ2n) is 6.74. The first-order chi connectivity index (χ1) is 15.0. The Morgan fingerprint density at radius 1 is 0.935 bits per heavy atom. The molecule has 0 aromatic heterocycles. The lowest BCUT2D eigenvalue weighted by molar-refractivity contribution is -0.131. The van der Waals surface area contributed by atoms with Gasteiger partial charge in [0.1, 0.15) is 0 Å². The Kier molecular flexibility index (Phi) is 7.54. The van der Waals surface area contributed by atoms with Crippen molar-refractivity contribution in [2.45, 2.75) is 13.0 Å². The molecule has 0 bridgehead atoms. The minimum absolute atomic E-state index is 0.270. The molecule has 6 nitrogen and oxygen atoms in total. The molecule has 0 heterocycles. The van der Waals surface area contributed by atoms with Gasteiger partial charge in [0.2, 0.25) is 0 Å². The molecule has 31 heavy (non-hydrogen) atoms. The zero-order chi connectivity index (χ0) is 22.2. The molecule has 0 aliphatic heterocycles. The molecule has 0 spiro atoms. The fraction of sp³-hybridized carbons (Fsp3) is 0.125. The van der Waals surface area contributed by atoms with Gasteiger partial charge in [-0.1, -0.05) is 60.1 Å². The summed E-state index contributed by atoms with van der Waals surface area (Å²) in [5.74, 6) is -0.646. The van der Waals surface area contributed by atoms with Gasteiger partial charge in [-0.3, -0.25) is 9.59 Å². The van der Waals surface area contributed by atoms with Gasteiger partial charge in [-0.15, -0.1) is 0 Å². The van der Waals surface area contributed by atoms with Gasteiger partial charge in [-0.2, -0.15) is 5.10 Å². The molecule has 0 aliphatic carbocycles. The van der Waals surface area contributed by atoms with Crippen molar-refractivity contribution in [3.63, 3.8) is 0 Å². The van der Waals surface area contributed by atoms with Crippen LogP contribution in [0.25, 0.3) is 0 Å². The van der Waals surface area contributed by atoms with Crippen LogP contribution in [0.3, 0.4) is 0 Å². The van der Waals surface area contributed by atoms with Crippen molar-refractivity contribution < 1.29 is 14.3 Å². The van der Waals surface area contributed by atoms with Crippen LogP contribution in [-0.2, 0) is 9.53 Å². The van der Waals surface area contributed by atoms with Crippen molar-refractivity contribution in [3.05, 3.63) is 101 Å². The number of methoxy groups -OCH3 is 1. The minimum Gasteiger partial charge on any atom is -0.367 e. The molecule has 0 fully saturated rings. The van der Waals surface area contributed by atoms with E-state index in [-0.39, 0.29) is 11.8 Å². The zero-order valence-electron chi connectivity index (χ0n) is 17.1. The number of nitrogens with one attached hydrogen (secondary N) is 2. The third-order valence-corrected chi connectivity index (χ3v) is 4.77. The first-order valence-electron chi connectivity index (χ1n) is 9.57. The average Bonchev–Trinajstić information content (AvgIpc) is 2.79. The van der Waals surface area contributed by atoms with Crippen molar-refractivity contribution in [1.82, 2.24) is 5.43 Å². The molecule has 3 aromatic rings. The molecular formula is C24H22ClN3O3. The Hall–Kier alpha value is -3.48. The molecule has 7 heteroatoms. The second-order valence-corrected chi connectivity index (χ2v) is 7.18. The van der Waals surface area contributed by atoms with Crippen LogP contribution in [0.2, 0.25) is 5.02 Å². The van der Waals surface area contributed by atoms with E-state index >= 15 is 0 Å². The van der Waals surface area contributed by atoms with Crippen LogP contribution in [0.15, 0.2) is 84.0 Å². The number of hydrogen-bond donors (Lipinski definition) is 2. The van der Waals surface area contributed by atoms with Crippen LogP contribution in [0, 0.1) is 0 Å². The Bertz CT molecular complexity index is 1100. The molecule has 158 valence electrons. The summed E-state index contributed by atoms with van der Waals surface area (Å²) in [5.41, 5.74) is 5.67. The summed E-state index contributed by atoms with van der Waals surface area (Å²) < 4.78 is 5.31. The van der Waals surface area contributed by atoms with Crippen LogP contribution < -0.4 is 10.7 Å². The second kappa shape index (κ2) is 10.5. The summed E-state index contributed by atoms with van der Waals surface area (Å²) in [6.45, 7) is 1.77. The number of halogens is 1. The van der Waals surface area contributed by atoms with E-state index in [1.165, 1.54) is 7.11 Å². The largest absolute Gasteiger partial charge is 0.367 e. The Balaban J connectivity index is 1.69. The smallest absolute Gasteiger partial charge is 0.273 e. The third kappa shape index (κ3) is 6.01. The van der Waals surface area contributed by atoms with Gasteiger partial charge in [0.05, 0.1) is 5.71 Å². The lowest BCUT2D eigenvalue weighted by Crippen LogP contribution is -2.27. The zero-order valence-corrected chi connectivity index (χ0v) is 17.9. The Labute approximate surface area is 185 Å². The van der Waals surface area contributed by atoms with Gasteiger partial charge >= 0.3 is 0 Å². The first-order valence-corrected chi connectivity index (χ1v) is 9.95. The summed E-state index contributed by atoms with van der Waals surface area (Å²) in [5, 5.41) is 7.51. The summed E-state index contributed by atoms with van der Waals surface area (Å²) >= 11 is 5.95. The number of rotatable bonds is 7. The molecule has 0 aliphatic rings. The highest BCUT2D eigenvalue weighted by Crippen LogP contribution is 2.17. The standard InChI is InChI=1S/C24H22ClN3O3/c1-16(27-28-24(30)22(31-2)17-8-4-3-5-9-17)18-10-7-13-21(15-18)26-23(29)19-11-6-12-20(25)14-19/h3-15,22H,1-2H3,(H,26,29)(H,28,30)/b27-16-/t22-/m0/s1. The number of hydrazone groups is 1. The predicted octanol–water partition coefficient (Wildman–Crippen LogP) is 4.82. The monoisotopic (exact) mass is 435 g/mol. The normalized spacial score (nSPS) is 12.2. The van der Waals surface area contributed by atoms with Crippen molar-refractivity contribution in [3.8, 4) is 0 Å². The highest BCUT2D eigenvalue weighted by molar-refractivity contribution is 6.31. The van der Waals surface area contributed by atoms with Gasteiger partial charge in [-0.05, 0) is 48.4 Å². The van der Waals surface area contributed by atoms with Crippen LogP contribution in [0.1, 0.15) is 34.5 Å². The summed E-state index contributed by atoms with van der Waals surface area (Å²) in [6, 6.07) is 23.1. The summed E-state index contributed by atoms with van der Waals surface area (Å²) in [4.78, 5) is 24.9. The van der Waals surface area contributed by atoms with Gasteiger partial charge in [-0.25, -0.2) is 5.43 Å². The minimum atomic E-state index is -0.763. The van der Waals surface area contributed by atoms with Crippen molar-refractivity contribution in [2.24, 2.45) is 5.10 Å². The van der Waals surface area contributed by atoms with Crippen LogP contribution in [0.5, 0.6) is 0 Å². The van der Waals surface area contributed by atoms with E-state index in [0.717, 1.165) is 11.1 Å². The number of nitrogens with zero attached hydrogens (tertiary/aromatic N) is 1. The highest BCUT2D eigenvalue weighted by atomic mass is 35.5. The molecule has 1 atom stereocenters. The van der Waals surface area contributed by atoms with Crippen molar-refractivity contribution in [1.29, 1.82) is 0 Å². The van der Waals surface area contributed by atoms with Crippen LogP contribution >= 0.6 is 11.6 Å². The number of anilines is 1. The van der Waals surface area contributed by atoms with E-state index in [0.29, 0.717) is 22.0 Å². The molecule has 0 saturated heterocycles. The lowest BCUT2D eigenvalue weighted by Gasteiger charge is -2.14. The van der Waals surface area contributed by atoms with Crippen LogP contribution in [-0.4, -0.2) is 24.6 Å². The van der Waals surface area contributed by atoms with Crippen molar-refractivity contribution >= 4 is 34.8 Å². The van der Waals surface area contributed by atoms with Crippen molar-refractivity contribution in [2.75, 3.05) is 12.4 Å². The van der Waals surface area contributed by atoms with E-state index in [4.69, 9.17) is 16.3 Å². The number of carbonyl (C=O) groups is 2. The highest BCUT2D eigenvalue weighted by Gasteiger charge is 2.19. The van der Waals surface area contributed by atoms with Crippen LogP contribution in [0.4, 0.5) is 5.69 Å².